The van der Waals surface area contributed by atoms with E-state index in [-0.39, 0.29) is 12.1 Å². The molecule has 3 rings (SSSR count). The van der Waals surface area contributed by atoms with Gasteiger partial charge in [0.1, 0.15) is 0 Å². The van der Waals surface area contributed by atoms with Gasteiger partial charge in [0.15, 0.2) is 5.13 Å². The van der Waals surface area contributed by atoms with Crippen LogP contribution in [0.25, 0.3) is 0 Å². The third-order valence-corrected chi connectivity index (χ3v) is 4.17. The number of nitrogens with zero attached hydrogens (tertiary/aromatic N) is 3. The smallest absolute Gasteiger partial charge is 0.324 e. The first-order valence-corrected chi connectivity index (χ1v) is 7.22. The second kappa shape index (κ2) is 5.05. The van der Waals surface area contributed by atoms with Gasteiger partial charge in [-0.2, -0.15) is 0 Å². The van der Waals surface area contributed by atoms with Gasteiger partial charge in [-0.05, 0) is 25.0 Å². The molecule has 0 aromatic carbocycles. The van der Waals surface area contributed by atoms with Crippen LogP contribution in [0.15, 0.2) is 29.9 Å². The maximum atomic E-state index is 12.3. The van der Waals surface area contributed by atoms with Crippen molar-refractivity contribution in [3.63, 3.8) is 0 Å². The van der Waals surface area contributed by atoms with E-state index in [1.165, 1.54) is 17.0 Å². The summed E-state index contributed by atoms with van der Waals surface area (Å²) in [7, 11) is 2.02. The fourth-order valence-electron chi connectivity index (χ4n) is 2.59. The van der Waals surface area contributed by atoms with Crippen LogP contribution in [0.2, 0.25) is 0 Å². The molecule has 100 valence electrons. The number of urea groups is 1. The minimum atomic E-state index is -0.0568. The Morgan fingerprint density at radius 3 is 3.16 bits per heavy atom. The summed E-state index contributed by atoms with van der Waals surface area (Å²) in [5.74, 6) is 0. The van der Waals surface area contributed by atoms with Gasteiger partial charge in [0.05, 0.1) is 6.04 Å². The molecule has 0 aliphatic carbocycles. The molecule has 2 aromatic rings. The SMILES string of the molecule is Cn1cccc1[C@H]1CCCN1C(=O)Nc1nccs1. The summed E-state index contributed by atoms with van der Waals surface area (Å²) >= 11 is 1.44. The van der Waals surface area contributed by atoms with Crippen LogP contribution in [-0.4, -0.2) is 27.0 Å². The highest BCUT2D eigenvalue weighted by Crippen LogP contribution is 2.32. The van der Waals surface area contributed by atoms with E-state index in [1.54, 1.807) is 6.20 Å². The molecule has 1 aliphatic heterocycles. The molecule has 2 aromatic heterocycles. The number of likely N-dealkylation sites (tertiary alicyclic amines) is 1. The molecule has 0 bridgehead atoms. The number of aromatic nitrogens is 2. The number of nitrogens with one attached hydrogen (secondary N) is 1. The van der Waals surface area contributed by atoms with E-state index in [0.29, 0.717) is 5.13 Å². The maximum Gasteiger partial charge on any atom is 0.324 e. The molecule has 2 amide bonds. The first-order valence-electron chi connectivity index (χ1n) is 6.34. The lowest BCUT2D eigenvalue weighted by atomic mass is 10.1. The number of carbonyl (C=O) groups excluding carboxylic acids is 1. The summed E-state index contributed by atoms with van der Waals surface area (Å²) in [5.41, 5.74) is 1.19. The van der Waals surface area contributed by atoms with Crippen molar-refractivity contribution >= 4 is 22.5 Å². The van der Waals surface area contributed by atoms with E-state index in [9.17, 15) is 4.79 Å². The van der Waals surface area contributed by atoms with Crippen LogP contribution >= 0.6 is 11.3 Å². The zero-order valence-corrected chi connectivity index (χ0v) is 11.6. The van der Waals surface area contributed by atoms with E-state index in [4.69, 9.17) is 0 Å². The average molecular weight is 276 g/mol. The van der Waals surface area contributed by atoms with Gasteiger partial charge in [0, 0.05) is 37.1 Å². The Balaban J connectivity index is 1.76. The summed E-state index contributed by atoms with van der Waals surface area (Å²) in [4.78, 5) is 18.3. The van der Waals surface area contributed by atoms with Crippen LogP contribution in [-0.2, 0) is 7.05 Å². The third kappa shape index (κ3) is 2.35. The van der Waals surface area contributed by atoms with Gasteiger partial charge in [0.2, 0.25) is 0 Å². The summed E-state index contributed by atoms with van der Waals surface area (Å²) in [6.45, 7) is 0.799. The lowest BCUT2D eigenvalue weighted by Gasteiger charge is -2.25. The first kappa shape index (κ1) is 12.2. The van der Waals surface area contributed by atoms with E-state index < -0.39 is 0 Å². The predicted molar refractivity (Wildman–Crippen MR) is 75.2 cm³/mol. The number of aryl methyl sites for hydroxylation is 1. The third-order valence-electron chi connectivity index (χ3n) is 3.49. The molecular formula is C13H16N4OS. The van der Waals surface area contributed by atoms with Crippen molar-refractivity contribution < 1.29 is 4.79 Å². The number of hydrogen-bond acceptors (Lipinski definition) is 3. The van der Waals surface area contributed by atoms with Gasteiger partial charge in [-0.25, -0.2) is 9.78 Å². The van der Waals surface area contributed by atoms with Gasteiger partial charge in [-0.15, -0.1) is 11.3 Å². The van der Waals surface area contributed by atoms with Crippen LogP contribution in [0.1, 0.15) is 24.6 Å². The standard InChI is InChI=1S/C13H16N4OS/c1-16-7-2-4-10(16)11-5-3-8-17(11)13(18)15-12-14-6-9-19-12/h2,4,6-7,9,11H,3,5,8H2,1H3,(H,14,15,18)/t11-/m1/s1. The Hall–Kier alpha value is -1.82. The van der Waals surface area contributed by atoms with Crippen molar-refractivity contribution in [2.24, 2.45) is 7.05 Å². The quantitative estimate of drug-likeness (QED) is 0.917. The number of rotatable bonds is 2. The molecular weight excluding hydrogens is 260 g/mol. The van der Waals surface area contributed by atoms with Crippen molar-refractivity contribution in [1.29, 1.82) is 0 Å². The minimum absolute atomic E-state index is 0.0568. The molecule has 1 atom stereocenters. The Kier molecular flexibility index (Phi) is 3.25. The Labute approximate surface area is 115 Å². The number of amides is 2. The molecule has 1 N–H and O–H groups in total. The van der Waals surface area contributed by atoms with Crippen LogP contribution in [0.4, 0.5) is 9.93 Å². The molecule has 5 nitrogen and oxygen atoms in total. The maximum absolute atomic E-state index is 12.3. The fourth-order valence-corrected chi connectivity index (χ4v) is 3.10. The van der Waals surface area contributed by atoms with Gasteiger partial charge < -0.3 is 9.47 Å². The zero-order valence-electron chi connectivity index (χ0n) is 10.7. The van der Waals surface area contributed by atoms with Gasteiger partial charge in [-0.1, -0.05) is 0 Å². The van der Waals surface area contributed by atoms with E-state index in [1.807, 2.05) is 29.6 Å². The number of carbonyl (C=O) groups is 1. The lowest BCUT2D eigenvalue weighted by molar-refractivity contribution is 0.205. The average Bonchev–Trinajstić information content (AvgIpc) is 3.07. The van der Waals surface area contributed by atoms with E-state index in [2.05, 4.69) is 20.9 Å². The molecule has 0 saturated carbocycles. The number of hydrogen-bond donors (Lipinski definition) is 1. The topological polar surface area (TPSA) is 50.2 Å². The van der Waals surface area contributed by atoms with E-state index in [0.717, 1.165) is 19.4 Å². The Bertz CT molecular complexity index is 563. The Morgan fingerprint density at radius 2 is 2.47 bits per heavy atom. The van der Waals surface area contributed by atoms with Crippen LogP contribution in [0.3, 0.4) is 0 Å². The molecule has 0 spiro atoms. The molecule has 1 saturated heterocycles. The first-order chi connectivity index (χ1) is 9.25. The summed E-state index contributed by atoms with van der Waals surface area (Å²) in [6.07, 6.45) is 5.77. The summed E-state index contributed by atoms with van der Waals surface area (Å²) < 4.78 is 2.08. The minimum Gasteiger partial charge on any atom is -0.353 e. The van der Waals surface area contributed by atoms with Crippen molar-refractivity contribution in [2.45, 2.75) is 18.9 Å². The van der Waals surface area contributed by atoms with Crippen LogP contribution < -0.4 is 5.32 Å². The predicted octanol–water partition coefficient (Wildman–Crippen LogP) is 2.85. The lowest BCUT2D eigenvalue weighted by Crippen LogP contribution is -2.35. The van der Waals surface area contributed by atoms with Crippen molar-refractivity contribution in [3.8, 4) is 0 Å². The van der Waals surface area contributed by atoms with Crippen LogP contribution in [0, 0.1) is 0 Å². The zero-order chi connectivity index (χ0) is 13.2. The molecule has 0 radical (unpaired) electrons. The monoisotopic (exact) mass is 276 g/mol. The van der Waals surface area contributed by atoms with E-state index >= 15 is 0 Å². The highest BCUT2D eigenvalue weighted by molar-refractivity contribution is 7.13. The normalized spacial score (nSPS) is 18.8. The summed E-state index contributed by atoms with van der Waals surface area (Å²) in [6, 6.07) is 4.21. The second-order valence-electron chi connectivity index (χ2n) is 4.66. The molecule has 1 aliphatic rings. The number of anilines is 1. The van der Waals surface area contributed by atoms with Crippen molar-refractivity contribution in [2.75, 3.05) is 11.9 Å². The number of thiazole rings is 1. The fraction of sp³-hybridized carbons (Fsp3) is 0.385. The van der Waals surface area contributed by atoms with Crippen molar-refractivity contribution in [3.05, 3.63) is 35.6 Å². The van der Waals surface area contributed by atoms with Crippen molar-refractivity contribution in [1.82, 2.24) is 14.5 Å². The highest BCUT2D eigenvalue weighted by atomic mass is 32.1. The molecule has 19 heavy (non-hydrogen) atoms. The van der Waals surface area contributed by atoms with Crippen LogP contribution in [0.5, 0.6) is 0 Å². The molecule has 1 fully saturated rings. The Morgan fingerprint density at radius 1 is 1.58 bits per heavy atom. The summed E-state index contributed by atoms with van der Waals surface area (Å²) in [5, 5.41) is 5.37. The molecule has 3 heterocycles. The molecule has 6 heteroatoms. The van der Waals surface area contributed by atoms with Gasteiger partial charge >= 0.3 is 6.03 Å². The highest BCUT2D eigenvalue weighted by Gasteiger charge is 2.31. The largest absolute Gasteiger partial charge is 0.353 e. The second-order valence-corrected chi connectivity index (χ2v) is 5.56. The van der Waals surface area contributed by atoms with Gasteiger partial charge in [-0.3, -0.25) is 5.32 Å². The van der Waals surface area contributed by atoms with Gasteiger partial charge in [0.25, 0.3) is 0 Å². The molecule has 0 unspecified atom stereocenters.